The van der Waals surface area contributed by atoms with Crippen molar-refractivity contribution in [2.75, 3.05) is 13.1 Å². The average molecular weight is 318 g/mol. The first-order chi connectivity index (χ1) is 11.1. The number of aryl methyl sites for hydroxylation is 2. The van der Waals surface area contributed by atoms with E-state index in [4.69, 9.17) is 4.74 Å². The molecule has 0 bridgehead atoms. The van der Waals surface area contributed by atoms with Crippen LogP contribution < -0.4 is 10.1 Å². The quantitative estimate of drug-likeness (QED) is 0.930. The molecule has 1 N–H and O–H groups in total. The molecule has 1 saturated carbocycles. The van der Waals surface area contributed by atoms with Crippen molar-refractivity contribution in [1.29, 1.82) is 0 Å². The monoisotopic (exact) mass is 318 g/mol. The van der Waals surface area contributed by atoms with Crippen molar-refractivity contribution in [3.05, 3.63) is 17.6 Å². The van der Waals surface area contributed by atoms with Gasteiger partial charge in [0.15, 0.2) is 0 Å². The van der Waals surface area contributed by atoms with Crippen molar-refractivity contribution in [1.82, 2.24) is 20.2 Å². The Morgan fingerprint density at radius 1 is 1.17 bits per heavy atom. The predicted molar refractivity (Wildman–Crippen MR) is 87.5 cm³/mol. The SMILES string of the molecule is Cc1cc(OC2CCN(C(=O)NC3CCCC3)CC2)nc(C)n1. The zero-order valence-electron chi connectivity index (χ0n) is 14.0. The van der Waals surface area contributed by atoms with E-state index in [1.54, 1.807) is 0 Å². The summed E-state index contributed by atoms with van der Waals surface area (Å²) < 4.78 is 5.97. The molecule has 23 heavy (non-hydrogen) atoms. The van der Waals surface area contributed by atoms with Crippen LogP contribution in [0.1, 0.15) is 50.0 Å². The number of nitrogens with one attached hydrogen (secondary N) is 1. The molecule has 6 nitrogen and oxygen atoms in total. The lowest BCUT2D eigenvalue weighted by molar-refractivity contribution is 0.106. The molecule has 126 valence electrons. The van der Waals surface area contributed by atoms with Crippen molar-refractivity contribution in [2.45, 2.75) is 64.5 Å². The molecule has 0 radical (unpaired) electrons. The zero-order chi connectivity index (χ0) is 16.2. The molecule has 0 atom stereocenters. The van der Waals surface area contributed by atoms with Gasteiger partial charge >= 0.3 is 6.03 Å². The van der Waals surface area contributed by atoms with Gasteiger partial charge in [-0.2, -0.15) is 4.98 Å². The van der Waals surface area contributed by atoms with Gasteiger partial charge < -0.3 is 15.0 Å². The van der Waals surface area contributed by atoms with Crippen molar-refractivity contribution in [3.63, 3.8) is 0 Å². The van der Waals surface area contributed by atoms with E-state index in [0.717, 1.165) is 50.3 Å². The predicted octanol–water partition coefficient (Wildman–Crippen LogP) is 2.59. The Kier molecular flexibility index (Phi) is 4.98. The molecular formula is C17H26N4O2. The highest BCUT2D eigenvalue weighted by atomic mass is 16.5. The lowest BCUT2D eigenvalue weighted by Crippen LogP contribution is -2.48. The number of rotatable bonds is 3. The van der Waals surface area contributed by atoms with Crippen molar-refractivity contribution in [2.24, 2.45) is 0 Å². The molecule has 2 aliphatic rings. The number of carbonyl (C=O) groups is 1. The van der Waals surface area contributed by atoms with Gasteiger partial charge in [-0.05, 0) is 26.7 Å². The number of nitrogens with zero attached hydrogens (tertiary/aromatic N) is 3. The summed E-state index contributed by atoms with van der Waals surface area (Å²) in [5.74, 6) is 1.37. The number of piperidine rings is 1. The van der Waals surface area contributed by atoms with Crippen molar-refractivity contribution < 1.29 is 9.53 Å². The van der Waals surface area contributed by atoms with Crippen LogP contribution in [0.5, 0.6) is 5.88 Å². The van der Waals surface area contributed by atoms with E-state index < -0.39 is 0 Å². The molecule has 0 spiro atoms. The number of amides is 2. The van der Waals surface area contributed by atoms with Crippen LogP contribution in [0.3, 0.4) is 0 Å². The number of ether oxygens (including phenoxy) is 1. The zero-order valence-corrected chi connectivity index (χ0v) is 14.0. The van der Waals surface area contributed by atoms with E-state index >= 15 is 0 Å². The van der Waals surface area contributed by atoms with Gasteiger partial charge in [-0.15, -0.1) is 0 Å². The fourth-order valence-electron chi connectivity index (χ4n) is 3.43. The van der Waals surface area contributed by atoms with E-state index in [1.807, 2.05) is 24.8 Å². The molecule has 2 heterocycles. The second-order valence-corrected chi connectivity index (χ2v) is 6.63. The molecule has 1 aromatic rings. The summed E-state index contributed by atoms with van der Waals surface area (Å²) in [6.45, 7) is 5.30. The van der Waals surface area contributed by atoms with Crippen LogP contribution in [0.4, 0.5) is 4.79 Å². The number of aromatic nitrogens is 2. The molecule has 1 aliphatic heterocycles. The van der Waals surface area contributed by atoms with Crippen LogP contribution in [0.2, 0.25) is 0 Å². The van der Waals surface area contributed by atoms with Crippen molar-refractivity contribution >= 4 is 6.03 Å². The maximum Gasteiger partial charge on any atom is 0.317 e. The molecule has 0 aromatic carbocycles. The molecule has 0 unspecified atom stereocenters. The summed E-state index contributed by atoms with van der Waals surface area (Å²) in [4.78, 5) is 22.8. The summed E-state index contributed by atoms with van der Waals surface area (Å²) in [6, 6.07) is 2.33. The fourth-order valence-corrected chi connectivity index (χ4v) is 3.43. The summed E-state index contributed by atoms with van der Waals surface area (Å²) in [5.41, 5.74) is 0.917. The molecule has 2 amide bonds. The molecule has 1 saturated heterocycles. The van der Waals surface area contributed by atoms with Crippen LogP contribution >= 0.6 is 0 Å². The first-order valence-electron chi connectivity index (χ1n) is 8.64. The van der Waals surface area contributed by atoms with Gasteiger partial charge in [-0.3, -0.25) is 0 Å². The molecule has 3 rings (SSSR count). The van der Waals surface area contributed by atoms with Gasteiger partial charge in [-0.1, -0.05) is 12.8 Å². The van der Waals surface area contributed by atoms with Crippen LogP contribution in [0.15, 0.2) is 6.07 Å². The third kappa shape index (κ3) is 4.33. The minimum atomic E-state index is 0.0871. The van der Waals surface area contributed by atoms with E-state index in [-0.39, 0.29) is 12.1 Å². The fraction of sp³-hybridized carbons (Fsp3) is 0.706. The second kappa shape index (κ2) is 7.15. The summed E-state index contributed by atoms with van der Waals surface area (Å²) in [5, 5.41) is 3.15. The van der Waals surface area contributed by atoms with Crippen LogP contribution in [0.25, 0.3) is 0 Å². The Bertz CT molecular complexity index is 529. The number of likely N-dealkylation sites (tertiary alicyclic amines) is 1. The summed E-state index contributed by atoms with van der Waals surface area (Å²) in [7, 11) is 0. The lowest BCUT2D eigenvalue weighted by atomic mass is 10.1. The average Bonchev–Trinajstić information content (AvgIpc) is 3.00. The van der Waals surface area contributed by atoms with Gasteiger partial charge in [-0.25, -0.2) is 9.78 Å². The Labute approximate surface area is 137 Å². The van der Waals surface area contributed by atoms with Crippen LogP contribution in [-0.4, -0.2) is 46.1 Å². The number of urea groups is 1. The van der Waals surface area contributed by atoms with Gasteiger partial charge in [0, 0.05) is 43.7 Å². The van der Waals surface area contributed by atoms with Gasteiger partial charge in [0.2, 0.25) is 5.88 Å². The van der Waals surface area contributed by atoms with Crippen LogP contribution in [-0.2, 0) is 0 Å². The lowest BCUT2D eigenvalue weighted by Gasteiger charge is -2.32. The third-order valence-corrected chi connectivity index (χ3v) is 4.64. The maximum absolute atomic E-state index is 12.3. The first kappa shape index (κ1) is 16.0. The summed E-state index contributed by atoms with van der Waals surface area (Å²) in [6.07, 6.45) is 6.53. The normalized spacial score (nSPS) is 19.8. The largest absolute Gasteiger partial charge is 0.474 e. The van der Waals surface area contributed by atoms with E-state index in [9.17, 15) is 4.79 Å². The molecule has 6 heteroatoms. The Morgan fingerprint density at radius 3 is 2.52 bits per heavy atom. The number of hydrogen-bond acceptors (Lipinski definition) is 4. The minimum Gasteiger partial charge on any atom is -0.474 e. The topological polar surface area (TPSA) is 67.3 Å². The smallest absolute Gasteiger partial charge is 0.317 e. The molecule has 1 aliphatic carbocycles. The molecule has 1 aromatic heterocycles. The molecular weight excluding hydrogens is 292 g/mol. The highest BCUT2D eigenvalue weighted by Crippen LogP contribution is 2.20. The van der Waals surface area contributed by atoms with Crippen LogP contribution in [0, 0.1) is 13.8 Å². The Balaban J connectivity index is 1.47. The first-order valence-corrected chi connectivity index (χ1v) is 8.64. The Morgan fingerprint density at radius 2 is 1.87 bits per heavy atom. The summed E-state index contributed by atoms with van der Waals surface area (Å²) >= 11 is 0. The maximum atomic E-state index is 12.3. The Hall–Kier alpha value is -1.85. The van der Waals surface area contributed by atoms with Gasteiger partial charge in [0.1, 0.15) is 11.9 Å². The number of carbonyl (C=O) groups excluding carboxylic acids is 1. The highest BCUT2D eigenvalue weighted by Gasteiger charge is 2.26. The standard InChI is InChI=1S/C17H26N4O2/c1-12-11-16(19-13(2)18-12)23-15-7-9-21(10-8-15)17(22)20-14-5-3-4-6-14/h11,14-15H,3-10H2,1-2H3,(H,20,22). The van der Waals surface area contributed by atoms with E-state index in [0.29, 0.717) is 11.9 Å². The second-order valence-electron chi connectivity index (χ2n) is 6.63. The van der Waals surface area contributed by atoms with E-state index in [1.165, 1.54) is 12.8 Å². The van der Waals surface area contributed by atoms with Gasteiger partial charge in [0.05, 0.1) is 0 Å². The number of hydrogen-bond donors (Lipinski definition) is 1. The third-order valence-electron chi connectivity index (χ3n) is 4.64. The van der Waals surface area contributed by atoms with Gasteiger partial charge in [0.25, 0.3) is 0 Å². The van der Waals surface area contributed by atoms with E-state index in [2.05, 4.69) is 15.3 Å². The van der Waals surface area contributed by atoms with Crippen molar-refractivity contribution in [3.8, 4) is 5.88 Å². The molecule has 2 fully saturated rings. The minimum absolute atomic E-state index is 0.0871. The highest BCUT2D eigenvalue weighted by molar-refractivity contribution is 5.74.